The van der Waals surface area contributed by atoms with Crippen molar-refractivity contribution in [2.24, 2.45) is 5.92 Å². The van der Waals surface area contributed by atoms with Crippen molar-refractivity contribution >= 4 is 6.08 Å². The normalized spacial score (nSPS) is 13.8. The molecule has 0 N–H and O–H groups in total. The lowest BCUT2D eigenvalue weighted by Gasteiger charge is -2.20. The predicted molar refractivity (Wildman–Crippen MR) is 85.9 cm³/mol. The van der Waals surface area contributed by atoms with Crippen molar-refractivity contribution in [2.75, 3.05) is 6.61 Å². The van der Waals surface area contributed by atoms with E-state index in [-0.39, 0.29) is 6.29 Å². The van der Waals surface area contributed by atoms with Crippen LogP contribution in [0.25, 0.3) is 6.08 Å². The summed E-state index contributed by atoms with van der Waals surface area (Å²) in [6.45, 7) is 10.9. The smallest absolute Gasteiger partial charge is 0.196 e. The zero-order valence-corrected chi connectivity index (χ0v) is 13.1. The standard InChI is InChI=1S/C18H28O2/c1-5-8-9-17(7-3)14-19-15(4)20-18-12-10-16(6-2)11-13-18/h6,10-13,15,17H,2,5,7-9,14H2,1,3-4H3. The number of hydrogen-bond acceptors (Lipinski definition) is 2. The van der Waals surface area contributed by atoms with E-state index in [1.165, 1.54) is 25.7 Å². The van der Waals surface area contributed by atoms with Gasteiger partial charge in [0.2, 0.25) is 0 Å². The Morgan fingerprint density at radius 2 is 1.90 bits per heavy atom. The summed E-state index contributed by atoms with van der Waals surface area (Å²) in [5, 5.41) is 0. The van der Waals surface area contributed by atoms with Crippen LogP contribution in [0, 0.1) is 5.92 Å². The fraction of sp³-hybridized carbons (Fsp3) is 0.556. The molecule has 0 aromatic heterocycles. The van der Waals surface area contributed by atoms with Crippen molar-refractivity contribution < 1.29 is 9.47 Å². The lowest BCUT2D eigenvalue weighted by Crippen LogP contribution is -2.20. The summed E-state index contributed by atoms with van der Waals surface area (Å²) in [5.41, 5.74) is 1.09. The van der Waals surface area contributed by atoms with E-state index >= 15 is 0 Å². The van der Waals surface area contributed by atoms with Crippen molar-refractivity contribution in [3.05, 3.63) is 36.4 Å². The molecule has 1 aromatic rings. The first-order valence-electron chi connectivity index (χ1n) is 7.70. The van der Waals surface area contributed by atoms with Crippen molar-refractivity contribution in [3.63, 3.8) is 0 Å². The maximum Gasteiger partial charge on any atom is 0.196 e. The fourth-order valence-electron chi connectivity index (χ4n) is 2.08. The van der Waals surface area contributed by atoms with Gasteiger partial charge in [-0.05, 0) is 37.0 Å². The summed E-state index contributed by atoms with van der Waals surface area (Å²) >= 11 is 0. The average Bonchev–Trinajstić information content (AvgIpc) is 2.48. The summed E-state index contributed by atoms with van der Waals surface area (Å²) in [7, 11) is 0. The largest absolute Gasteiger partial charge is 0.465 e. The average molecular weight is 276 g/mol. The highest BCUT2D eigenvalue weighted by Gasteiger charge is 2.10. The third-order valence-corrected chi connectivity index (χ3v) is 3.53. The van der Waals surface area contributed by atoms with Gasteiger partial charge >= 0.3 is 0 Å². The Balaban J connectivity index is 2.34. The van der Waals surface area contributed by atoms with E-state index in [1.807, 2.05) is 37.3 Å². The SMILES string of the molecule is C=Cc1ccc(OC(C)OCC(CC)CCCC)cc1. The zero-order chi connectivity index (χ0) is 14.8. The molecule has 0 radical (unpaired) electrons. The molecule has 2 atom stereocenters. The van der Waals surface area contributed by atoms with Gasteiger partial charge < -0.3 is 9.47 Å². The first kappa shape index (κ1) is 16.8. The molecular formula is C18H28O2. The van der Waals surface area contributed by atoms with Crippen LogP contribution in [-0.2, 0) is 4.74 Å². The van der Waals surface area contributed by atoms with E-state index < -0.39 is 0 Å². The van der Waals surface area contributed by atoms with E-state index in [2.05, 4.69) is 20.4 Å². The van der Waals surface area contributed by atoms with Crippen LogP contribution < -0.4 is 4.74 Å². The van der Waals surface area contributed by atoms with Gasteiger partial charge in [-0.1, -0.05) is 57.9 Å². The molecule has 0 saturated carbocycles. The molecule has 0 fully saturated rings. The number of hydrogen-bond donors (Lipinski definition) is 0. The van der Waals surface area contributed by atoms with Crippen LogP contribution in [0.1, 0.15) is 52.0 Å². The zero-order valence-electron chi connectivity index (χ0n) is 13.1. The Hall–Kier alpha value is -1.28. The molecule has 0 spiro atoms. The maximum absolute atomic E-state index is 5.81. The van der Waals surface area contributed by atoms with E-state index in [0.717, 1.165) is 17.9 Å². The molecule has 0 amide bonds. The van der Waals surface area contributed by atoms with Crippen molar-refractivity contribution in [1.82, 2.24) is 0 Å². The second-order valence-corrected chi connectivity index (χ2v) is 5.21. The minimum atomic E-state index is -0.208. The van der Waals surface area contributed by atoms with Gasteiger partial charge in [0.15, 0.2) is 6.29 Å². The van der Waals surface area contributed by atoms with Crippen molar-refractivity contribution in [1.29, 1.82) is 0 Å². The Labute approximate surface area is 123 Å². The third-order valence-electron chi connectivity index (χ3n) is 3.53. The highest BCUT2D eigenvalue weighted by Crippen LogP contribution is 2.17. The Bertz CT molecular complexity index is 370. The molecular weight excluding hydrogens is 248 g/mol. The Kier molecular flexibility index (Phi) is 8.05. The van der Waals surface area contributed by atoms with E-state index in [0.29, 0.717) is 5.92 Å². The molecule has 2 nitrogen and oxygen atoms in total. The summed E-state index contributed by atoms with van der Waals surface area (Å²) < 4.78 is 11.6. The fourth-order valence-corrected chi connectivity index (χ4v) is 2.08. The number of unbranched alkanes of at least 4 members (excludes halogenated alkanes) is 1. The second-order valence-electron chi connectivity index (χ2n) is 5.21. The summed E-state index contributed by atoms with van der Waals surface area (Å²) in [5.74, 6) is 1.48. The van der Waals surface area contributed by atoms with Crippen molar-refractivity contribution in [3.8, 4) is 5.75 Å². The maximum atomic E-state index is 5.81. The van der Waals surface area contributed by atoms with Gasteiger partial charge in [0.1, 0.15) is 5.75 Å². The molecule has 0 aliphatic heterocycles. The summed E-state index contributed by atoms with van der Waals surface area (Å²) in [4.78, 5) is 0. The van der Waals surface area contributed by atoms with Crippen LogP contribution in [0.15, 0.2) is 30.8 Å². The lowest BCUT2D eigenvalue weighted by atomic mass is 10.0. The van der Waals surface area contributed by atoms with E-state index in [4.69, 9.17) is 9.47 Å². The molecule has 2 unspecified atom stereocenters. The molecule has 0 aliphatic rings. The van der Waals surface area contributed by atoms with Crippen LogP contribution in [0.2, 0.25) is 0 Å². The number of rotatable bonds is 10. The van der Waals surface area contributed by atoms with Gasteiger partial charge in [0, 0.05) is 0 Å². The summed E-state index contributed by atoms with van der Waals surface area (Å²) in [6.07, 6.45) is 6.55. The molecule has 0 aliphatic carbocycles. The first-order valence-corrected chi connectivity index (χ1v) is 7.70. The summed E-state index contributed by atoms with van der Waals surface area (Å²) in [6, 6.07) is 7.88. The predicted octanol–water partition coefficient (Wildman–Crippen LogP) is 5.29. The molecule has 112 valence electrons. The highest BCUT2D eigenvalue weighted by atomic mass is 16.7. The monoisotopic (exact) mass is 276 g/mol. The molecule has 0 saturated heterocycles. The number of benzene rings is 1. The van der Waals surface area contributed by atoms with Crippen LogP contribution >= 0.6 is 0 Å². The van der Waals surface area contributed by atoms with Crippen molar-refractivity contribution in [2.45, 2.75) is 52.7 Å². The van der Waals surface area contributed by atoms with Gasteiger partial charge in [-0.15, -0.1) is 0 Å². The van der Waals surface area contributed by atoms with Gasteiger partial charge in [0.25, 0.3) is 0 Å². The van der Waals surface area contributed by atoms with Crippen LogP contribution in [-0.4, -0.2) is 12.9 Å². The third kappa shape index (κ3) is 6.25. The van der Waals surface area contributed by atoms with Gasteiger partial charge in [0.05, 0.1) is 6.61 Å². The lowest BCUT2D eigenvalue weighted by molar-refractivity contribution is -0.0801. The molecule has 0 bridgehead atoms. The second kappa shape index (κ2) is 9.60. The highest BCUT2D eigenvalue weighted by molar-refractivity contribution is 5.48. The van der Waals surface area contributed by atoms with Gasteiger partial charge in [-0.2, -0.15) is 0 Å². The Morgan fingerprint density at radius 3 is 2.45 bits per heavy atom. The minimum absolute atomic E-state index is 0.208. The van der Waals surface area contributed by atoms with Gasteiger partial charge in [-0.25, -0.2) is 0 Å². The van der Waals surface area contributed by atoms with Crippen LogP contribution in [0.5, 0.6) is 5.75 Å². The quantitative estimate of drug-likeness (QED) is 0.541. The minimum Gasteiger partial charge on any atom is -0.465 e. The molecule has 1 aromatic carbocycles. The van der Waals surface area contributed by atoms with Crippen LogP contribution in [0.4, 0.5) is 0 Å². The van der Waals surface area contributed by atoms with E-state index in [9.17, 15) is 0 Å². The molecule has 0 heterocycles. The molecule has 20 heavy (non-hydrogen) atoms. The molecule has 2 heteroatoms. The van der Waals surface area contributed by atoms with Crippen LogP contribution in [0.3, 0.4) is 0 Å². The number of ether oxygens (including phenoxy) is 2. The topological polar surface area (TPSA) is 18.5 Å². The van der Waals surface area contributed by atoms with Gasteiger partial charge in [-0.3, -0.25) is 0 Å². The molecule has 1 rings (SSSR count). The first-order chi connectivity index (χ1) is 9.69. The van der Waals surface area contributed by atoms with E-state index in [1.54, 1.807) is 0 Å². The Morgan fingerprint density at radius 1 is 1.20 bits per heavy atom.